The Bertz CT molecular complexity index is 309. The molecular weight excluding hydrogens is 198 g/mol. The molecule has 1 atom stereocenters. The molecule has 0 aliphatic rings. The highest BCUT2D eigenvalue weighted by Gasteiger charge is 2.19. The number of imidazole rings is 1. The maximum atomic E-state index is 6.12. The Labute approximate surface area is 99.1 Å². The molecular formula is C13H25N3. The van der Waals surface area contributed by atoms with E-state index in [2.05, 4.69) is 30.3 Å². The molecule has 1 heterocycles. The van der Waals surface area contributed by atoms with Crippen LogP contribution in [-0.4, -0.2) is 15.6 Å². The third kappa shape index (κ3) is 3.97. The lowest BCUT2D eigenvalue weighted by Gasteiger charge is -2.26. The minimum Gasteiger partial charge on any atom is -0.338 e. The van der Waals surface area contributed by atoms with Gasteiger partial charge in [-0.25, -0.2) is 4.98 Å². The first-order valence-corrected chi connectivity index (χ1v) is 6.13. The molecule has 0 spiro atoms. The van der Waals surface area contributed by atoms with E-state index in [9.17, 15) is 0 Å². The summed E-state index contributed by atoms with van der Waals surface area (Å²) in [4.78, 5) is 4.31. The van der Waals surface area contributed by atoms with Gasteiger partial charge in [0.05, 0.1) is 0 Å². The van der Waals surface area contributed by atoms with Gasteiger partial charge in [-0.1, -0.05) is 27.2 Å². The van der Waals surface area contributed by atoms with Crippen LogP contribution in [0.1, 0.15) is 45.9 Å². The van der Waals surface area contributed by atoms with Gasteiger partial charge in [0.25, 0.3) is 0 Å². The normalized spacial score (nSPS) is 14.1. The molecule has 1 aromatic rings. The van der Waals surface area contributed by atoms with Gasteiger partial charge in [0.1, 0.15) is 5.82 Å². The van der Waals surface area contributed by atoms with Gasteiger partial charge >= 0.3 is 0 Å². The van der Waals surface area contributed by atoms with Crippen molar-refractivity contribution in [2.45, 2.75) is 52.5 Å². The Morgan fingerprint density at radius 1 is 1.38 bits per heavy atom. The van der Waals surface area contributed by atoms with E-state index in [4.69, 9.17) is 5.73 Å². The first kappa shape index (κ1) is 13.2. The summed E-state index contributed by atoms with van der Waals surface area (Å²) < 4.78 is 2.09. The average Bonchev–Trinajstić information content (AvgIpc) is 2.57. The molecule has 0 amide bonds. The number of unbranched alkanes of at least 4 members (excludes halogenated alkanes) is 1. The number of hydrogen-bond acceptors (Lipinski definition) is 2. The fraction of sp³-hybridized carbons (Fsp3) is 0.769. The van der Waals surface area contributed by atoms with E-state index in [-0.39, 0.29) is 5.41 Å². The van der Waals surface area contributed by atoms with Crippen LogP contribution in [0.2, 0.25) is 0 Å². The van der Waals surface area contributed by atoms with E-state index < -0.39 is 0 Å². The van der Waals surface area contributed by atoms with Crippen LogP contribution < -0.4 is 5.73 Å². The van der Waals surface area contributed by atoms with Crippen LogP contribution in [-0.2, 0) is 13.5 Å². The van der Waals surface area contributed by atoms with Crippen LogP contribution >= 0.6 is 0 Å². The molecule has 92 valence electrons. The summed E-state index contributed by atoms with van der Waals surface area (Å²) in [5.41, 5.74) is 6.34. The van der Waals surface area contributed by atoms with E-state index in [0.29, 0.717) is 6.04 Å². The van der Waals surface area contributed by atoms with Gasteiger partial charge in [-0.05, 0) is 18.3 Å². The summed E-state index contributed by atoms with van der Waals surface area (Å²) in [5, 5.41) is 0. The van der Waals surface area contributed by atoms with Gasteiger partial charge in [-0.3, -0.25) is 0 Å². The van der Waals surface area contributed by atoms with Gasteiger partial charge < -0.3 is 10.3 Å². The van der Waals surface area contributed by atoms with E-state index in [1.54, 1.807) is 0 Å². The number of aromatic nitrogens is 2. The lowest BCUT2D eigenvalue weighted by atomic mass is 9.84. The zero-order chi connectivity index (χ0) is 12.2. The first-order valence-electron chi connectivity index (χ1n) is 6.13. The summed E-state index contributed by atoms with van der Waals surface area (Å²) >= 11 is 0. The Morgan fingerprint density at radius 3 is 2.56 bits per heavy atom. The second-order valence-corrected chi connectivity index (χ2v) is 5.67. The zero-order valence-electron chi connectivity index (χ0n) is 11.0. The molecule has 0 aliphatic carbocycles. The fourth-order valence-electron chi connectivity index (χ4n) is 1.72. The van der Waals surface area contributed by atoms with Crippen LogP contribution in [0.5, 0.6) is 0 Å². The van der Waals surface area contributed by atoms with Crippen molar-refractivity contribution in [3.05, 3.63) is 18.2 Å². The summed E-state index contributed by atoms with van der Waals surface area (Å²) in [6, 6.07) is 0.300. The maximum Gasteiger partial charge on any atom is 0.108 e. The SMILES string of the molecule is Cn1ccnc1CCCCC(N)C(C)(C)C. The van der Waals surface area contributed by atoms with Crippen LogP contribution in [0.4, 0.5) is 0 Å². The Morgan fingerprint density at radius 2 is 2.06 bits per heavy atom. The summed E-state index contributed by atoms with van der Waals surface area (Å²) in [6.45, 7) is 6.61. The molecule has 0 aliphatic heterocycles. The lowest BCUT2D eigenvalue weighted by molar-refractivity contribution is 0.299. The van der Waals surface area contributed by atoms with Crippen molar-refractivity contribution < 1.29 is 0 Å². The Kier molecular flexibility index (Phi) is 4.54. The molecule has 0 bridgehead atoms. The van der Waals surface area contributed by atoms with E-state index in [1.807, 2.05) is 19.4 Å². The van der Waals surface area contributed by atoms with Crippen LogP contribution in [0.25, 0.3) is 0 Å². The predicted octanol–water partition coefficient (Wildman–Crippen LogP) is 2.51. The molecule has 16 heavy (non-hydrogen) atoms. The number of rotatable bonds is 5. The molecule has 1 rings (SSSR count). The lowest BCUT2D eigenvalue weighted by Crippen LogP contribution is -2.34. The van der Waals surface area contributed by atoms with Crippen molar-refractivity contribution in [2.75, 3.05) is 0 Å². The van der Waals surface area contributed by atoms with E-state index in [0.717, 1.165) is 12.8 Å². The minimum atomic E-state index is 0.225. The van der Waals surface area contributed by atoms with Gasteiger partial charge in [-0.15, -0.1) is 0 Å². The molecule has 0 saturated heterocycles. The summed E-state index contributed by atoms with van der Waals surface area (Å²) in [5.74, 6) is 1.17. The number of nitrogens with zero attached hydrogens (tertiary/aromatic N) is 2. The van der Waals surface area contributed by atoms with Gasteiger partial charge in [-0.2, -0.15) is 0 Å². The molecule has 1 unspecified atom stereocenters. The number of nitrogens with two attached hydrogens (primary N) is 1. The molecule has 3 nitrogen and oxygen atoms in total. The van der Waals surface area contributed by atoms with Crippen LogP contribution in [0, 0.1) is 5.41 Å². The van der Waals surface area contributed by atoms with Gasteiger partial charge in [0, 0.05) is 31.9 Å². The van der Waals surface area contributed by atoms with E-state index in [1.165, 1.54) is 18.7 Å². The second-order valence-electron chi connectivity index (χ2n) is 5.67. The third-order valence-corrected chi connectivity index (χ3v) is 3.20. The summed E-state index contributed by atoms with van der Waals surface area (Å²) in [7, 11) is 2.04. The standard InChI is InChI=1S/C13H25N3/c1-13(2,3)11(14)7-5-6-8-12-15-9-10-16(12)4/h9-11H,5-8,14H2,1-4H3. The molecule has 0 fully saturated rings. The Balaban J connectivity index is 2.20. The highest BCUT2D eigenvalue weighted by molar-refractivity contribution is 4.91. The van der Waals surface area contributed by atoms with Crippen molar-refractivity contribution in [2.24, 2.45) is 18.2 Å². The van der Waals surface area contributed by atoms with Crippen molar-refractivity contribution in [1.29, 1.82) is 0 Å². The molecule has 0 aromatic carbocycles. The highest BCUT2D eigenvalue weighted by Crippen LogP contribution is 2.21. The molecule has 0 saturated carbocycles. The Hall–Kier alpha value is -0.830. The average molecular weight is 223 g/mol. The molecule has 3 heteroatoms. The monoisotopic (exact) mass is 223 g/mol. The zero-order valence-corrected chi connectivity index (χ0v) is 11.0. The van der Waals surface area contributed by atoms with E-state index >= 15 is 0 Å². The molecule has 2 N–H and O–H groups in total. The number of aryl methyl sites for hydroxylation is 2. The van der Waals surface area contributed by atoms with Crippen molar-refractivity contribution in [1.82, 2.24) is 9.55 Å². The fourth-order valence-corrected chi connectivity index (χ4v) is 1.72. The van der Waals surface area contributed by atoms with Crippen molar-refractivity contribution >= 4 is 0 Å². The minimum absolute atomic E-state index is 0.225. The molecule has 1 aromatic heterocycles. The first-order chi connectivity index (χ1) is 7.41. The molecule has 0 radical (unpaired) electrons. The van der Waals surface area contributed by atoms with Gasteiger partial charge in [0.15, 0.2) is 0 Å². The number of hydrogen-bond donors (Lipinski definition) is 1. The third-order valence-electron chi connectivity index (χ3n) is 3.20. The van der Waals surface area contributed by atoms with Crippen molar-refractivity contribution in [3.63, 3.8) is 0 Å². The van der Waals surface area contributed by atoms with Gasteiger partial charge in [0.2, 0.25) is 0 Å². The van der Waals surface area contributed by atoms with Crippen LogP contribution in [0.15, 0.2) is 12.4 Å². The quantitative estimate of drug-likeness (QED) is 0.779. The maximum absolute atomic E-state index is 6.12. The smallest absolute Gasteiger partial charge is 0.108 e. The van der Waals surface area contributed by atoms with Crippen molar-refractivity contribution in [3.8, 4) is 0 Å². The summed E-state index contributed by atoms with van der Waals surface area (Å²) in [6.07, 6.45) is 8.38. The van der Waals surface area contributed by atoms with Crippen LogP contribution in [0.3, 0.4) is 0 Å². The topological polar surface area (TPSA) is 43.8 Å². The largest absolute Gasteiger partial charge is 0.338 e. The predicted molar refractivity (Wildman–Crippen MR) is 68.2 cm³/mol. The highest BCUT2D eigenvalue weighted by atomic mass is 15.0. The second kappa shape index (κ2) is 5.48.